The Labute approximate surface area is 230 Å². The van der Waals surface area contributed by atoms with Crippen LogP contribution in [0.1, 0.15) is 32.4 Å². The molecule has 0 unspecified atom stereocenters. The molecule has 0 fully saturated rings. The number of nitrogens with one attached hydrogen (secondary N) is 2. The van der Waals surface area contributed by atoms with Crippen LogP contribution >= 0.6 is 34.8 Å². The molecule has 0 bridgehead atoms. The van der Waals surface area contributed by atoms with E-state index >= 15 is 0 Å². The van der Waals surface area contributed by atoms with Crippen molar-refractivity contribution in [1.29, 1.82) is 0 Å². The lowest BCUT2D eigenvalue weighted by Crippen LogP contribution is -2.42. The van der Waals surface area contributed by atoms with Gasteiger partial charge in [-0.2, -0.15) is 0 Å². The molecule has 0 aliphatic rings. The maximum atomic E-state index is 14.8. The summed E-state index contributed by atoms with van der Waals surface area (Å²) in [5.74, 6) is -0.456. The number of anilines is 3. The second-order valence-corrected chi connectivity index (χ2v) is 10.8. The molecule has 11 heteroatoms. The van der Waals surface area contributed by atoms with E-state index in [9.17, 15) is 18.8 Å². The third kappa shape index (κ3) is 4.85. The Balaban J connectivity index is 2.19. The summed E-state index contributed by atoms with van der Waals surface area (Å²) in [6.07, 6.45) is 0. The van der Waals surface area contributed by atoms with Gasteiger partial charge in [0, 0.05) is 27.9 Å². The topological polar surface area (TPSA) is 90.1 Å². The number of hydrogen-bond donors (Lipinski definition) is 2. The molecular formula is C26H25FIN5O3S. The number of nitrogens with zero attached hydrogens (tertiary/aromatic N) is 3. The minimum Gasteiger partial charge on any atom is -0.350 e. The number of aryl methyl sites for hydroxylation is 1. The molecule has 0 amide bonds. The van der Waals surface area contributed by atoms with Gasteiger partial charge in [-0.25, -0.2) is 9.18 Å². The van der Waals surface area contributed by atoms with Gasteiger partial charge in [-0.05, 0) is 86.7 Å². The first kappa shape index (κ1) is 26.7. The van der Waals surface area contributed by atoms with E-state index in [1.807, 2.05) is 22.6 Å². The van der Waals surface area contributed by atoms with E-state index in [1.54, 1.807) is 58.0 Å². The number of thiocarbonyl (C=S) groups is 1. The molecule has 0 aliphatic carbocycles. The molecule has 4 aromatic rings. The zero-order valence-electron chi connectivity index (χ0n) is 20.8. The number of rotatable bonds is 5. The fourth-order valence-corrected chi connectivity index (χ4v) is 4.87. The van der Waals surface area contributed by atoms with E-state index in [0.29, 0.717) is 19.9 Å². The summed E-state index contributed by atoms with van der Waals surface area (Å²) >= 11 is 7.15. The van der Waals surface area contributed by atoms with Gasteiger partial charge in [0.2, 0.25) is 0 Å². The summed E-state index contributed by atoms with van der Waals surface area (Å²) in [5, 5.41) is 6.09. The highest BCUT2D eigenvalue weighted by molar-refractivity contribution is 14.1. The molecule has 2 aromatic heterocycles. The number of halogens is 2. The zero-order valence-corrected chi connectivity index (χ0v) is 23.8. The van der Waals surface area contributed by atoms with Gasteiger partial charge in [0.25, 0.3) is 11.1 Å². The lowest BCUT2D eigenvalue weighted by Gasteiger charge is -2.22. The van der Waals surface area contributed by atoms with Crippen LogP contribution in [0.3, 0.4) is 0 Å². The minimum absolute atomic E-state index is 0.0860. The Kier molecular flexibility index (Phi) is 7.38. The molecule has 0 spiro atoms. The lowest BCUT2D eigenvalue weighted by atomic mass is 10.1. The normalized spacial score (nSPS) is 11.2. The first-order chi connectivity index (χ1) is 17.4. The molecule has 0 radical (unpaired) electrons. The van der Waals surface area contributed by atoms with Crippen LogP contribution in [0.25, 0.3) is 16.6 Å². The van der Waals surface area contributed by atoms with Crippen molar-refractivity contribution in [1.82, 2.24) is 13.7 Å². The average molecular weight is 633 g/mol. The van der Waals surface area contributed by atoms with Crippen molar-refractivity contribution in [3.63, 3.8) is 0 Å². The van der Waals surface area contributed by atoms with Gasteiger partial charge in [-0.3, -0.25) is 23.3 Å². The van der Waals surface area contributed by atoms with Gasteiger partial charge in [0.05, 0.1) is 21.9 Å². The van der Waals surface area contributed by atoms with Crippen LogP contribution < -0.4 is 27.4 Å². The van der Waals surface area contributed by atoms with Gasteiger partial charge >= 0.3 is 5.69 Å². The van der Waals surface area contributed by atoms with Crippen LogP contribution in [0.2, 0.25) is 0 Å². The Bertz CT molecular complexity index is 1760. The summed E-state index contributed by atoms with van der Waals surface area (Å²) in [4.78, 5) is 41.5. The zero-order chi connectivity index (χ0) is 27.2. The van der Waals surface area contributed by atoms with Crippen LogP contribution in [-0.4, -0.2) is 18.7 Å². The first-order valence-corrected chi connectivity index (χ1v) is 12.9. The number of benzene rings is 2. The first-order valence-electron chi connectivity index (χ1n) is 11.4. The molecule has 0 saturated heterocycles. The monoisotopic (exact) mass is 633 g/mol. The summed E-state index contributed by atoms with van der Waals surface area (Å²) < 4.78 is 19.2. The molecule has 2 N–H and O–H groups in total. The van der Waals surface area contributed by atoms with Crippen LogP contribution in [-0.2, 0) is 7.05 Å². The van der Waals surface area contributed by atoms with Crippen molar-refractivity contribution >= 4 is 67.9 Å². The van der Waals surface area contributed by atoms with Crippen LogP contribution in [0.5, 0.6) is 0 Å². The van der Waals surface area contributed by atoms with Crippen LogP contribution in [0, 0.1) is 16.3 Å². The third-order valence-corrected chi connectivity index (χ3v) is 6.74. The minimum atomic E-state index is -0.591. The molecule has 37 heavy (non-hydrogen) atoms. The van der Waals surface area contributed by atoms with Gasteiger partial charge in [-0.15, -0.1) is 0 Å². The molecular weight excluding hydrogens is 608 g/mol. The molecule has 2 heterocycles. The number of pyridine rings is 1. The Morgan fingerprint density at radius 1 is 1.08 bits per heavy atom. The van der Waals surface area contributed by atoms with Crippen molar-refractivity contribution in [3.05, 3.63) is 88.6 Å². The summed E-state index contributed by atoms with van der Waals surface area (Å²) in [6.45, 7) is 6.76. The van der Waals surface area contributed by atoms with E-state index in [-0.39, 0.29) is 28.0 Å². The van der Waals surface area contributed by atoms with Gasteiger partial charge < -0.3 is 10.6 Å². The quantitative estimate of drug-likeness (QED) is 0.238. The SMILES string of the molecule is CC(=S)Nc1cccc(-n2c(=O)n(C(C)C)c(=O)c3c(Nc4ccc(I)cc4F)n(C)c(=O)c(C)c32)c1. The summed E-state index contributed by atoms with van der Waals surface area (Å²) in [6, 6.07) is 11.1. The second kappa shape index (κ2) is 10.2. The van der Waals surface area contributed by atoms with Crippen LogP contribution in [0.4, 0.5) is 21.6 Å². The smallest absolute Gasteiger partial charge is 0.336 e. The highest BCUT2D eigenvalue weighted by atomic mass is 127. The van der Waals surface area contributed by atoms with E-state index < -0.39 is 28.7 Å². The average Bonchev–Trinajstić information content (AvgIpc) is 2.81. The predicted octanol–water partition coefficient (Wildman–Crippen LogP) is 4.99. The Hall–Kier alpha value is -3.32. The largest absolute Gasteiger partial charge is 0.350 e. The highest BCUT2D eigenvalue weighted by Gasteiger charge is 2.24. The molecule has 4 rings (SSSR count). The fourth-order valence-electron chi connectivity index (χ4n) is 4.30. The van der Waals surface area contributed by atoms with Crippen molar-refractivity contribution in [2.75, 3.05) is 10.6 Å². The maximum Gasteiger partial charge on any atom is 0.336 e. The summed E-state index contributed by atoms with van der Waals surface area (Å²) in [7, 11) is 1.50. The van der Waals surface area contributed by atoms with Crippen molar-refractivity contribution < 1.29 is 4.39 Å². The second-order valence-electron chi connectivity index (χ2n) is 8.93. The van der Waals surface area contributed by atoms with Gasteiger partial charge in [-0.1, -0.05) is 18.3 Å². The van der Waals surface area contributed by atoms with Gasteiger partial charge in [0.15, 0.2) is 0 Å². The van der Waals surface area contributed by atoms with Crippen molar-refractivity contribution in [2.45, 2.75) is 33.7 Å². The molecule has 2 aromatic carbocycles. The van der Waals surface area contributed by atoms with E-state index in [0.717, 1.165) is 4.57 Å². The van der Waals surface area contributed by atoms with E-state index in [2.05, 4.69) is 10.6 Å². The fraction of sp³-hybridized carbons (Fsp3) is 0.231. The van der Waals surface area contributed by atoms with Crippen LogP contribution in [0.15, 0.2) is 56.8 Å². The molecule has 8 nitrogen and oxygen atoms in total. The van der Waals surface area contributed by atoms with Crippen molar-refractivity contribution in [3.8, 4) is 5.69 Å². The van der Waals surface area contributed by atoms with Crippen molar-refractivity contribution in [2.24, 2.45) is 7.05 Å². The van der Waals surface area contributed by atoms with E-state index in [1.165, 1.54) is 28.3 Å². The number of fused-ring (bicyclic) bond motifs is 1. The van der Waals surface area contributed by atoms with E-state index in [4.69, 9.17) is 12.2 Å². The third-order valence-electron chi connectivity index (χ3n) is 5.97. The number of aromatic nitrogens is 3. The number of hydrogen-bond acceptors (Lipinski definition) is 5. The molecule has 0 saturated carbocycles. The lowest BCUT2D eigenvalue weighted by molar-refractivity contribution is 0.541. The Morgan fingerprint density at radius 3 is 2.41 bits per heavy atom. The summed E-state index contributed by atoms with van der Waals surface area (Å²) in [5.41, 5.74) is -0.0630. The molecule has 192 valence electrons. The molecule has 0 atom stereocenters. The predicted molar refractivity (Wildman–Crippen MR) is 158 cm³/mol. The van der Waals surface area contributed by atoms with Gasteiger partial charge in [0.1, 0.15) is 17.0 Å². The maximum absolute atomic E-state index is 14.8. The Morgan fingerprint density at radius 2 is 1.78 bits per heavy atom. The highest BCUT2D eigenvalue weighted by Crippen LogP contribution is 2.28. The standard InChI is InChI=1S/C26H25FIN5O3S/c1-13(2)32-25(35)21-22(33(26(32)36)18-8-6-7-17(12-18)29-15(4)37)14(3)24(34)31(5)23(21)30-20-10-9-16(28)11-19(20)27/h6-13,30H,1-5H3,(H,29,37). The molecule has 0 aliphatic heterocycles.